The van der Waals surface area contributed by atoms with Gasteiger partial charge in [0.05, 0.1) is 12.0 Å². The number of benzene rings is 1. The minimum Gasteiger partial charge on any atom is -0.481 e. The van der Waals surface area contributed by atoms with Crippen molar-refractivity contribution < 1.29 is 19.4 Å². The number of methoxy groups -OCH3 is 1. The predicted molar refractivity (Wildman–Crippen MR) is 93.1 cm³/mol. The Morgan fingerprint density at radius 1 is 1.42 bits per heavy atom. The third-order valence-electron chi connectivity index (χ3n) is 4.60. The van der Waals surface area contributed by atoms with E-state index >= 15 is 0 Å². The van der Waals surface area contributed by atoms with Gasteiger partial charge in [-0.05, 0) is 35.2 Å². The molecule has 1 N–H and O–H groups in total. The van der Waals surface area contributed by atoms with Gasteiger partial charge in [-0.25, -0.2) is 0 Å². The van der Waals surface area contributed by atoms with Crippen LogP contribution in [-0.2, 0) is 14.3 Å². The van der Waals surface area contributed by atoms with E-state index in [1.807, 2.05) is 29.6 Å². The van der Waals surface area contributed by atoms with Crippen molar-refractivity contribution in [3.8, 4) is 0 Å². The molecule has 0 bridgehead atoms. The maximum absolute atomic E-state index is 12.5. The third-order valence-corrected chi connectivity index (χ3v) is 5.58. The molecule has 0 unspecified atom stereocenters. The Bertz CT molecular complexity index is 741. The summed E-state index contributed by atoms with van der Waals surface area (Å²) in [4.78, 5) is 26.1. The largest absolute Gasteiger partial charge is 0.481 e. The van der Waals surface area contributed by atoms with Crippen LogP contribution in [-0.4, -0.2) is 42.1 Å². The first-order chi connectivity index (χ1) is 11.6. The number of carboxylic acids is 1. The number of ether oxygens (including phenoxy) is 1. The number of rotatable bonds is 6. The minimum absolute atomic E-state index is 0.0314. The van der Waals surface area contributed by atoms with Crippen molar-refractivity contribution in [1.82, 2.24) is 4.90 Å². The van der Waals surface area contributed by atoms with Crippen molar-refractivity contribution >= 4 is 33.3 Å². The van der Waals surface area contributed by atoms with E-state index in [1.54, 1.807) is 23.3 Å². The van der Waals surface area contributed by atoms with Crippen LogP contribution in [0.4, 0.5) is 0 Å². The van der Waals surface area contributed by atoms with E-state index in [0.29, 0.717) is 32.4 Å². The summed E-state index contributed by atoms with van der Waals surface area (Å²) in [6.45, 7) is 1.07. The van der Waals surface area contributed by atoms with Gasteiger partial charge in [0.1, 0.15) is 0 Å². The van der Waals surface area contributed by atoms with Crippen LogP contribution in [0.2, 0.25) is 0 Å². The molecule has 0 saturated carbocycles. The number of hydrogen-bond acceptors (Lipinski definition) is 4. The molecule has 1 aliphatic rings. The molecule has 6 heteroatoms. The zero-order chi connectivity index (χ0) is 17.1. The van der Waals surface area contributed by atoms with Crippen molar-refractivity contribution in [3.05, 3.63) is 35.2 Å². The Morgan fingerprint density at radius 3 is 2.96 bits per heavy atom. The molecule has 2 aromatic rings. The summed E-state index contributed by atoms with van der Waals surface area (Å²) in [5.74, 6) is -1.37. The molecule has 1 amide bonds. The molecule has 24 heavy (non-hydrogen) atoms. The molecule has 1 fully saturated rings. The van der Waals surface area contributed by atoms with Crippen molar-refractivity contribution in [2.24, 2.45) is 5.92 Å². The second-order valence-electron chi connectivity index (χ2n) is 6.05. The van der Waals surface area contributed by atoms with Gasteiger partial charge in [-0.15, -0.1) is 11.3 Å². The van der Waals surface area contributed by atoms with Crippen LogP contribution in [0.1, 0.15) is 30.9 Å². The highest BCUT2D eigenvalue weighted by atomic mass is 32.1. The minimum atomic E-state index is -0.834. The van der Waals surface area contributed by atoms with E-state index in [2.05, 4.69) is 0 Å². The summed E-state index contributed by atoms with van der Waals surface area (Å²) in [5, 5.41) is 12.7. The van der Waals surface area contributed by atoms with Crippen molar-refractivity contribution in [3.63, 3.8) is 0 Å². The average molecular weight is 347 g/mol. The van der Waals surface area contributed by atoms with Crippen LogP contribution in [0.3, 0.4) is 0 Å². The number of likely N-dealkylation sites (tertiary alicyclic amines) is 1. The van der Waals surface area contributed by atoms with E-state index < -0.39 is 17.9 Å². The lowest BCUT2D eigenvalue weighted by atomic mass is 9.84. The maximum atomic E-state index is 12.5. The number of carboxylic acid groups (broad SMARTS) is 1. The lowest BCUT2D eigenvalue weighted by Crippen LogP contribution is -2.45. The number of carbonyl (C=O) groups excluding carboxylic acids is 1. The molecule has 0 spiro atoms. The van der Waals surface area contributed by atoms with Gasteiger partial charge in [0.2, 0.25) is 5.91 Å². The number of carbonyl (C=O) groups is 2. The molecular formula is C18H21NO4S. The van der Waals surface area contributed by atoms with Gasteiger partial charge in [-0.3, -0.25) is 9.59 Å². The lowest BCUT2D eigenvalue weighted by molar-refractivity contribution is -0.152. The molecule has 1 aromatic carbocycles. The van der Waals surface area contributed by atoms with Crippen LogP contribution < -0.4 is 0 Å². The Morgan fingerprint density at radius 2 is 2.21 bits per heavy atom. The number of hydrogen-bond donors (Lipinski definition) is 1. The fourth-order valence-electron chi connectivity index (χ4n) is 3.47. The highest BCUT2D eigenvalue weighted by Gasteiger charge is 2.41. The Hall–Kier alpha value is -1.92. The van der Waals surface area contributed by atoms with Crippen molar-refractivity contribution in [2.45, 2.75) is 25.3 Å². The number of aliphatic carboxylic acids is 1. The van der Waals surface area contributed by atoms with E-state index in [-0.39, 0.29) is 5.91 Å². The molecule has 2 atom stereocenters. The zero-order valence-corrected chi connectivity index (χ0v) is 14.4. The van der Waals surface area contributed by atoms with Gasteiger partial charge >= 0.3 is 5.97 Å². The highest BCUT2D eigenvalue weighted by molar-refractivity contribution is 7.17. The summed E-state index contributed by atoms with van der Waals surface area (Å²) in [6, 6.07) is 7.55. The normalized spacial score (nSPS) is 21.4. The fourth-order valence-corrected chi connectivity index (χ4v) is 4.46. The maximum Gasteiger partial charge on any atom is 0.308 e. The monoisotopic (exact) mass is 347 g/mol. The summed E-state index contributed by atoms with van der Waals surface area (Å²) < 4.78 is 6.20. The molecule has 1 saturated heterocycles. The number of piperidine rings is 1. The van der Waals surface area contributed by atoms with Crippen LogP contribution in [0.5, 0.6) is 0 Å². The van der Waals surface area contributed by atoms with Crippen LogP contribution in [0, 0.1) is 5.92 Å². The van der Waals surface area contributed by atoms with Gasteiger partial charge in [0.15, 0.2) is 0 Å². The number of nitrogens with zero attached hydrogens (tertiary/aromatic N) is 1. The molecule has 0 aliphatic carbocycles. The summed E-state index contributed by atoms with van der Waals surface area (Å²) >= 11 is 1.60. The zero-order valence-electron chi connectivity index (χ0n) is 13.6. The SMILES string of the molecule is COCCCN1C(=O)CC[C@@H](C(=O)O)[C@H]1c1csc2ccccc12. The topological polar surface area (TPSA) is 66.8 Å². The first-order valence-electron chi connectivity index (χ1n) is 8.11. The smallest absolute Gasteiger partial charge is 0.308 e. The molecule has 0 radical (unpaired) electrons. The molecule has 5 nitrogen and oxygen atoms in total. The molecule has 3 rings (SSSR count). The first kappa shape index (κ1) is 16.9. The van der Waals surface area contributed by atoms with Gasteiger partial charge in [-0.1, -0.05) is 18.2 Å². The highest BCUT2D eigenvalue weighted by Crippen LogP contribution is 2.42. The third kappa shape index (κ3) is 3.16. The van der Waals surface area contributed by atoms with E-state index in [9.17, 15) is 14.7 Å². The molecule has 1 aliphatic heterocycles. The van der Waals surface area contributed by atoms with E-state index in [0.717, 1.165) is 15.6 Å². The quantitative estimate of drug-likeness (QED) is 0.814. The number of thiophene rings is 1. The Kier molecular flexibility index (Phi) is 5.16. The summed E-state index contributed by atoms with van der Waals surface area (Å²) in [7, 11) is 1.63. The van der Waals surface area contributed by atoms with Crippen LogP contribution in [0.15, 0.2) is 29.6 Å². The average Bonchev–Trinajstić information content (AvgIpc) is 2.99. The van der Waals surface area contributed by atoms with Gasteiger partial charge in [0, 0.05) is 31.4 Å². The molecule has 128 valence electrons. The second-order valence-corrected chi connectivity index (χ2v) is 6.96. The number of fused-ring (bicyclic) bond motifs is 1. The Balaban J connectivity index is 2.01. The van der Waals surface area contributed by atoms with Gasteiger partial charge < -0.3 is 14.7 Å². The molecule has 1 aromatic heterocycles. The van der Waals surface area contributed by atoms with Crippen LogP contribution >= 0.6 is 11.3 Å². The predicted octanol–water partition coefficient (Wildman–Crippen LogP) is 3.30. The first-order valence-corrected chi connectivity index (χ1v) is 8.98. The molecule has 2 heterocycles. The summed E-state index contributed by atoms with van der Waals surface area (Å²) in [5.41, 5.74) is 0.952. The van der Waals surface area contributed by atoms with Gasteiger partial charge in [-0.2, -0.15) is 0 Å². The van der Waals surface area contributed by atoms with E-state index in [4.69, 9.17) is 4.74 Å². The second kappa shape index (κ2) is 7.32. The van der Waals surface area contributed by atoms with Crippen molar-refractivity contribution in [2.75, 3.05) is 20.3 Å². The standard InChI is InChI=1S/C18H21NO4S/c1-23-10-4-9-19-16(20)8-7-13(18(21)22)17(19)14-11-24-15-6-3-2-5-12(14)15/h2-3,5-6,11,13,17H,4,7-10H2,1H3,(H,21,22)/t13-,17+/m1/s1. The van der Waals surface area contributed by atoms with Gasteiger partial charge in [0.25, 0.3) is 0 Å². The molecular weight excluding hydrogens is 326 g/mol. The fraction of sp³-hybridized carbons (Fsp3) is 0.444. The van der Waals surface area contributed by atoms with E-state index in [1.165, 1.54) is 0 Å². The van der Waals surface area contributed by atoms with Crippen molar-refractivity contribution in [1.29, 1.82) is 0 Å². The summed E-state index contributed by atoms with van der Waals surface area (Å²) in [6.07, 6.45) is 1.39. The number of amides is 1. The van der Waals surface area contributed by atoms with Crippen LogP contribution in [0.25, 0.3) is 10.1 Å². The lowest BCUT2D eigenvalue weighted by Gasteiger charge is -2.39. The Labute approximate surface area is 144 Å².